The van der Waals surface area contributed by atoms with Gasteiger partial charge in [0, 0.05) is 0 Å². The molecule has 0 aliphatic heterocycles. The van der Waals surface area contributed by atoms with Crippen molar-refractivity contribution in [2.75, 3.05) is 0 Å². The zero-order valence-electron chi connectivity index (χ0n) is 22.5. The van der Waals surface area contributed by atoms with E-state index in [4.69, 9.17) is 0 Å². The van der Waals surface area contributed by atoms with Crippen molar-refractivity contribution in [1.29, 1.82) is 0 Å². The molecule has 0 saturated heterocycles. The Morgan fingerprint density at radius 3 is 1.68 bits per heavy atom. The minimum atomic E-state index is 0.626. The van der Waals surface area contributed by atoms with Crippen molar-refractivity contribution in [2.45, 2.75) is 39.5 Å². The molecule has 5 aromatic carbocycles. The maximum Gasteiger partial charge on any atom is -0.0771 e. The quantitative estimate of drug-likeness (QED) is 0.178. The fraction of sp³-hybridized carbons (Fsp3) is 0.189. The zero-order valence-corrected chi connectivity index (χ0v) is 25.0. The van der Waals surface area contributed by atoms with E-state index in [9.17, 15) is 0 Å². The summed E-state index contributed by atoms with van der Waals surface area (Å²) in [5.74, 6) is 0.626. The Hall–Kier alpha value is -3.02. The monoisotopic (exact) mass is 570 g/mol. The van der Waals surface area contributed by atoms with Crippen molar-refractivity contribution in [3.63, 3.8) is 0 Å². The van der Waals surface area contributed by atoms with E-state index < -0.39 is 0 Å². The van der Waals surface area contributed by atoms with Crippen LogP contribution in [0.2, 0.25) is 0 Å². The third-order valence-corrected chi connectivity index (χ3v) is 8.09. The Morgan fingerprint density at radius 2 is 1.18 bits per heavy atom. The van der Waals surface area contributed by atoms with Crippen molar-refractivity contribution >= 4 is 24.8 Å². The Kier molecular flexibility index (Phi) is 10.9. The maximum atomic E-state index is 3.50. The summed E-state index contributed by atoms with van der Waals surface area (Å²) < 4.78 is 1.42. The topological polar surface area (TPSA) is 0 Å². The summed E-state index contributed by atoms with van der Waals surface area (Å²) in [5.41, 5.74) is 4.08. The van der Waals surface area contributed by atoms with E-state index in [-0.39, 0.29) is 0 Å². The van der Waals surface area contributed by atoms with Crippen LogP contribution in [0.1, 0.15) is 50.7 Å². The van der Waals surface area contributed by atoms with Crippen molar-refractivity contribution in [1.82, 2.24) is 0 Å². The molecule has 0 amide bonds. The van der Waals surface area contributed by atoms with Crippen molar-refractivity contribution in [3.8, 4) is 0 Å². The van der Waals surface area contributed by atoms with Gasteiger partial charge in [0.05, 0.1) is 0 Å². The second kappa shape index (κ2) is 14.8. The van der Waals surface area contributed by atoms with Crippen LogP contribution in [0.25, 0.3) is 21.5 Å². The van der Waals surface area contributed by atoms with Gasteiger partial charge in [-0.15, -0.1) is 39.7 Å². The van der Waals surface area contributed by atoms with E-state index >= 15 is 0 Å². The van der Waals surface area contributed by atoms with Gasteiger partial charge in [0.1, 0.15) is 0 Å². The molecule has 1 aliphatic rings. The third-order valence-electron chi connectivity index (χ3n) is 6.67. The Morgan fingerprint density at radius 1 is 0.684 bits per heavy atom. The van der Waals surface area contributed by atoms with Gasteiger partial charge in [-0.25, -0.2) is 11.6 Å². The standard InChI is InChI=1S/C13H9.C13H10.C11H17.Zr/c1-3-7-12-10(5-1)9-11-6-2-4-8-13(11)12;1-3-7-12(8-4-1)11-13-9-5-2-6-10-13;1-3-5-10-7-8-11(9-10)6-4-2;/h1-9H;1-10H;7-8,10H,3-6H2,1-2H3;/q-1;;-1;+2. The van der Waals surface area contributed by atoms with Crippen LogP contribution < -0.4 is 0 Å². The van der Waals surface area contributed by atoms with Crippen LogP contribution in [0.15, 0.2) is 133 Å². The molecule has 0 heterocycles. The number of rotatable bonds is 6. The molecule has 1 atom stereocenters. The van der Waals surface area contributed by atoms with Crippen molar-refractivity contribution < 1.29 is 24.2 Å². The second-order valence-electron chi connectivity index (χ2n) is 9.60. The molecular formula is C37H36Zr. The first-order valence-electron chi connectivity index (χ1n) is 13.7. The zero-order chi connectivity index (χ0) is 26.6. The largest absolute Gasteiger partial charge is 0.126 e. The number of allylic oxidation sites excluding steroid dienone is 4. The second-order valence-corrected chi connectivity index (χ2v) is 10.8. The predicted octanol–water partition coefficient (Wildman–Crippen LogP) is 10.0. The van der Waals surface area contributed by atoms with Gasteiger partial charge in [-0.2, -0.15) is 6.08 Å². The van der Waals surface area contributed by atoms with Crippen LogP contribution in [0.3, 0.4) is 0 Å². The number of hydrogen-bond donors (Lipinski definition) is 0. The van der Waals surface area contributed by atoms with Gasteiger partial charge >= 0.3 is 99.2 Å². The summed E-state index contributed by atoms with van der Waals surface area (Å²) >= 11 is 1.46. The molecule has 1 aliphatic carbocycles. The molecule has 6 rings (SSSR count). The molecule has 0 spiro atoms. The summed E-state index contributed by atoms with van der Waals surface area (Å²) in [6, 6.07) is 40.4. The van der Waals surface area contributed by atoms with Crippen LogP contribution in [0.5, 0.6) is 0 Å². The van der Waals surface area contributed by atoms with E-state index in [2.05, 4.69) is 147 Å². The minimum absolute atomic E-state index is 0.626. The molecule has 0 bridgehead atoms. The molecule has 1 unspecified atom stereocenters. The fourth-order valence-electron chi connectivity index (χ4n) is 4.75. The first-order chi connectivity index (χ1) is 18.7. The van der Waals surface area contributed by atoms with Crippen LogP contribution in [-0.2, 0) is 24.2 Å². The number of fused-ring (bicyclic) bond motifs is 3. The normalized spacial score (nSPS) is 13.9. The molecule has 0 aromatic heterocycles. The van der Waals surface area contributed by atoms with E-state index in [0.717, 1.165) is 0 Å². The first-order valence-corrected chi connectivity index (χ1v) is 15.0. The van der Waals surface area contributed by atoms with Gasteiger partial charge in [-0.05, 0) is 0 Å². The summed E-state index contributed by atoms with van der Waals surface area (Å²) in [7, 11) is 0. The number of hydrogen-bond acceptors (Lipinski definition) is 0. The van der Waals surface area contributed by atoms with Crippen molar-refractivity contribution in [2.24, 2.45) is 5.92 Å². The van der Waals surface area contributed by atoms with E-state index in [1.54, 1.807) is 0 Å². The summed E-state index contributed by atoms with van der Waals surface area (Å²) in [6.07, 6.45) is 13.0. The summed E-state index contributed by atoms with van der Waals surface area (Å²) in [4.78, 5) is 0. The molecule has 1 heteroatoms. The van der Waals surface area contributed by atoms with Crippen LogP contribution in [-0.4, -0.2) is 3.21 Å². The van der Waals surface area contributed by atoms with Gasteiger partial charge in [0.25, 0.3) is 0 Å². The van der Waals surface area contributed by atoms with E-state index in [1.807, 2.05) is 0 Å². The average molecular weight is 572 g/mol. The molecular weight excluding hydrogens is 536 g/mol. The van der Waals surface area contributed by atoms with Gasteiger partial charge in [0.15, 0.2) is 0 Å². The smallest absolute Gasteiger partial charge is 0.0771 e. The Bertz CT molecular complexity index is 1390. The molecule has 0 radical (unpaired) electrons. The van der Waals surface area contributed by atoms with Crippen LogP contribution in [0, 0.1) is 12.0 Å². The van der Waals surface area contributed by atoms with E-state index in [1.165, 1.54) is 91.4 Å². The molecule has 188 valence electrons. The Labute approximate surface area is 243 Å². The first kappa shape index (κ1) is 28.0. The van der Waals surface area contributed by atoms with Gasteiger partial charge in [0.2, 0.25) is 0 Å². The summed E-state index contributed by atoms with van der Waals surface area (Å²) in [6.45, 7) is 4.45. The molecule has 38 heavy (non-hydrogen) atoms. The maximum absolute atomic E-state index is 3.50. The predicted molar refractivity (Wildman–Crippen MR) is 162 cm³/mol. The Balaban J connectivity index is 0.000000134. The third kappa shape index (κ3) is 7.75. The molecule has 0 saturated carbocycles. The molecule has 0 N–H and O–H groups in total. The van der Waals surface area contributed by atoms with Crippen LogP contribution in [0.4, 0.5) is 0 Å². The minimum Gasteiger partial charge on any atom is -0.126 e. The van der Waals surface area contributed by atoms with Crippen molar-refractivity contribution in [3.05, 3.63) is 150 Å². The molecule has 0 nitrogen and oxygen atoms in total. The van der Waals surface area contributed by atoms with Gasteiger partial charge < -0.3 is 0 Å². The van der Waals surface area contributed by atoms with Gasteiger partial charge in [-0.1, -0.05) is 81.8 Å². The van der Waals surface area contributed by atoms with Gasteiger partial charge in [-0.3, -0.25) is 6.08 Å². The number of benzene rings is 4. The SMILES string of the molecule is CCCC1=[C-]C(CCC)C=C1.[Zr+2]=[C](c1ccccc1)c1ccccc1.c1ccc2c(c1)[cH-]c1ccccc12. The van der Waals surface area contributed by atoms with Crippen LogP contribution >= 0.6 is 0 Å². The molecule has 5 aromatic rings. The average Bonchev–Trinajstić information content (AvgIpc) is 3.59. The van der Waals surface area contributed by atoms with E-state index in [0.29, 0.717) is 5.92 Å². The fourth-order valence-corrected chi connectivity index (χ4v) is 5.57. The summed E-state index contributed by atoms with van der Waals surface area (Å²) in [5, 5.41) is 5.39. The molecule has 0 fully saturated rings.